The highest BCUT2D eigenvalue weighted by Gasteiger charge is 2.21. The third-order valence-electron chi connectivity index (χ3n) is 4.96. The molecule has 0 aliphatic heterocycles. The number of aryl methyl sites for hydroxylation is 1. The van der Waals surface area contributed by atoms with Crippen LogP contribution in [-0.4, -0.2) is 39.4 Å². The van der Waals surface area contributed by atoms with Gasteiger partial charge in [-0.15, -0.1) is 16.8 Å². The number of hydrogen-bond donors (Lipinski definition) is 2. The van der Waals surface area contributed by atoms with Crippen molar-refractivity contribution in [1.82, 2.24) is 14.8 Å². The first-order valence-electron chi connectivity index (χ1n) is 11.0. The Balaban J connectivity index is 1.68. The number of rotatable bonds is 11. The maximum absolute atomic E-state index is 12.6. The van der Waals surface area contributed by atoms with Gasteiger partial charge in [-0.1, -0.05) is 36.0 Å². The Morgan fingerprint density at radius 1 is 1.17 bits per heavy atom. The summed E-state index contributed by atoms with van der Waals surface area (Å²) in [5.41, 5.74) is 2.15. The number of aromatic nitrogens is 3. The second kappa shape index (κ2) is 12.1. The maximum Gasteiger partial charge on any atom is 0.234 e. The molecular weight excluding hydrogens is 466 g/mol. The summed E-state index contributed by atoms with van der Waals surface area (Å²) in [6, 6.07) is 12.7. The van der Waals surface area contributed by atoms with E-state index in [-0.39, 0.29) is 17.6 Å². The van der Waals surface area contributed by atoms with Gasteiger partial charge < -0.3 is 20.1 Å². The Kier molecular flexibility index (Phi) is 8.91. The minimum atomic E-state index is -0.415. The average Bonchev–Trinajstić information content (AvgIpc) is 3.23. The molecular formula is C25H29N5O4S. The number of nitrogens with zero attached hydrogens (tertiary/aromatic N) is 3. The molecule has 3 aromatic rings. The molecule has 2 N–H and O–H groups in total. The monoisotopic (exact) mass is 495 g/mol. The van der Waals surface area contributed by atoms with E-state index in [2.05, 4.69) is 27.4 Å². The van der Waals surface area contributed by atoms with Gasteiger partial charge in [0, 0.05) is 24.8 Å². The molecule has 2 amide bonds. The van der Waals surface area contributed by atoms with Crippen molar-refractivity contribution < 1.29 is 19.1 Å². The topological polar surface area (TPSA) is 107 Å². The molecule has 1 atom stereocenters. The Bertz CT molecular complexity index is 1210. The predicted octanol–water partition coefficient (Wildman–Crippen LogP) is 4.61. The maximum atomic E-state index is 12.6. The van der Waals surface area contributed by atoms with Crippen molar-refractivity contribution in [3.8, 4) is 11.5 Å². The number of anilines is 2. The Hall–Kier alpha value is -3.79. The van der Waals surface area contributed by atoms with E-state index in [1.807, 2.05) is 48.7 Å². The molecule has 0 saturated heterocycles. The van der Waals surface area contributed by atoms with Gasteiger partial charge in [0.2, 0.25) is 11.8 Å². The highest BCUT2D eigenvalue weighted by Crippen LogP contribution is 2.31. The molecule has 184 valence electrons. The van der Waals surface area contributed by atoms with Crippen molar-refractivity contribution in [1.29, 1.82) is 0 Å². The van der Waals surface area contributed by atoms with Gasteiger partial charge in [0.25, 0.3) is 0 Å². The van der Waals surface area contributed by atoms with Crippen LogP contribution in [0, 0.1) is 6.92 Å². The molecule has 1 unspecified atom stereocenters. The molecule has 0 aliphatic rings. The highest BCUT2D eigenvalue weighted by molar-refractivity contribution is 7.99. The quantitative estimate of drug-likeness (QED) is 0.295. The van der Waals surface area contributed by atoms with Crippen molar-refractivity contribution in [3.63, 3.8) is 0 Å². The van der Waals surface area contributed by atoms with E-state index in [0.29, 0.717) is 40.4 Å². The summed E-state index contributed by atoms with van der Waals surface area (Å²) >= 11 is 1.26. The van der Waals surface area contributed by atoms with Crippen LogP contribution in [0.2, 0.25) is 0 Å². The summed E-state index contributed by atoms with van der Waals surface area (Å²) in [5.74, 6) is 1.57. The SMILES string of the molecule is C=CCn1c(SCC(=O)Nc2ccc(C)c(NC(C)=O)c2)nnc1C(C)Oc1ccccc1OC. The molecule has 1 aromatic heterocycles. The predicted molar refractivity (Wildman–Crippen MR) is 137 cm³/mol. The molecule has 9 nitrogen and oxygen atoms in total. The summed E-state index contributed by atoms with van der Waals surface area (Å²) in [4.78, 5) is 24.0. The van der Waals surface area contributed by atoms with Gasteiger partial charge in [-0.25, -0.2) is 0 Å². The van der Waals surface area contributed by atoms with E-state index in [4.69, 9.17) is 9.47 Å². The van der Waals surface area contributed by atoms with Crippen LogP contribution in [0.5, 0.6) is 11.5 Å². The first-order chi connectivity index (χ1) is 16.8. The van der Waals surface area contributed by atoms with E-state index in [0.717, 1.165) is 5.56 Å². The third kappa shape index (κ3) is 6.86. The fourth-order valence-electron chi connectivity index (χ4n) is 3.32. The molecule has 10 heteroatoms. The number of para-hydroxylation sites is 2. The zero-order valence-corrected chi connectivity index (χ0v) is 21.0. The van der Waals surface area contributed by atoms with Crippen molar-refractivity contribution in [2.24, 2.45) is 0 Å². The van der Waals surface area contributed by atoms with E-state index in [9.17, 15) is 9.59 Å². The Morgan fingerprint density at radius 2 is 1.91 bits per heavy atom. The number of carbonyl (C=O) groups excluding carboxylic acids is 2. The van der Waals surface area contributed by atoms with Crippen LogP contribution in [0.4, 0.5) is 11.4 Å². The van der Waals surface area contributed by atoms with Gasteiger partial charge in [0.15, 0.2) is 28.6 Å². The largest absolute Gasteiger partial charge is 0.493 e. The summed E-state index contributed by atoms with van der Waals surface area (Å²) in [6.45, 7) is 9.48. The van der Waals surface area contributed by atoms with E-state index in [1.54, 1.807) is 25.3 Å². The first kappa shape index (κ1) is 25.8. The summed E-state index contributed by atoms with van der Waals surface area (Å²) < 4.78 is 13.3. The number of benzene rings is 2. The van der Waals surface area contributed by atoms with Crippen LogP contribution < -0.4 is 20.1 Å². The van der Waals surface area contributed by atoms with E-state index >= 15 is 0 Å². The molecule has 0 fully saturated rings. The molecule has 35 heavy (non-hydrogen) atoms. The van der Waals surface area contributed by atoms with Gasteiger partial charge in [-0.3, -0.25) is 14.2 Å². The lowest BCUT2D eigenvalue weighted by Gasteiger charge is -2.17. The number of methoxy groups -OCH3 is 1. The van der Waals surface area contributed by atoms with Gasteiger partial charge in [0.1, 0.15) is 0 Å². The number of amides is 2. The smallest absolute Gasteiger partial charge is 0.234 e. The first-order valence-corrected chi connectivity index (χ1v) is 12.0. The van der Waals surface area contributed by atoms with Crippen molar-refractivity contribution in [3.05, 3.63) is 66.5 Å². The van der Waals surface area contributed by atoms with Gasteiger partial charge >= 0.3 is 0 Å². The van der Waals surface area contributed by atoms with Crippen molar-refractivity contribution in [2.45, 2.75) is 38.6 Å². The molecule has 0 bridgehead atoms. The normalized spacial score (nSPS) is 11.4. The van der Waals surface area contributed by atoms with Crippen LogP contribution in [0.15, 0.2) is 60.3 Å². The molecule has 3 rings (SSSR count). The molecule has 1 heterocycles. The molecule has 0 aliphatic carbocycles. The zero-order valence-electron chi connectivity index (χ0n) is 20.2. The number of nitrogens with one attached hydrogen (secondary N) is 2. The van der Waals surface area contributed by atoms with Gasteiger partial charge in [0.05, 0.1) is 12.9 Å². The van der Waals surface area contributed by atoms with Crippen LogP contribution in [0.25, 0.3) is 0 Å². The summed E-state index contributed by atoms with van der Waals surface area (Å²) in [6.07, 6.45) is 1.32. The minimum absolute atomic E-state index is 0.125. The highest BCUT2D eigenvalue weighted by atomic mass is 32.2. The van der Waals surface area contributed by atoms with Crippen LogP contribution in [0.1, 0.15) is 31.3 Å². The van der Waals surface area contributed by atoms with Crippen LogP contribution in [0.3, 0.4) is 0 Å². The molecule has 0 saturated carbocycles. The second-order valence-corrected chi connectivity index (χ2v) is 8.64. The number of carbonyl (C=O) groups is 2. The number of ether oxygens (including phenoxy) is 2. The van der Waals surface area contributed by atoms with Gasteiger partial charge in [-0.2, -0.15) is 0 Å². The van der Waals surface area contributed by atoms with Crippen LogP contribution in [-0.2, 0) is 16.1 Å². The van der Waals surface area contributed by atoms with E-state index in [1.165, 1.54) is 18.7 Å². The zero-order chi connectivity index (χ0) is 25.4. The molecule has 0 radical (unpaired) electrons. The van der Waals surface area contributed by atoms with E-state index < -0.39 is 6.10 Å². The average molecular weight is 496 g/mol. The minimum Gasteiger partial charge on any atom is -0.493 e. The van der Waals surface area contributed by atoms with Crippen LogP contribution >= 0.6 is 11.8 Å². The number of hydrogen-bond acceptors (Lipinski definition) is 7. The lowest BCUT2D eigenvalue weighted by molar-refractivity contribution is -0.114. The molecule has 2 aromatic carbocycles. The second-order valence-electron chi connectivity index (χ2n) is 7.70. The third-order valence-corrected chi connectivity index (χ3v) is 5.92. The fraction of sp³-hybridized carbons (Fsp3) is 0.280. The lowest BCUT2D eigenvalue weighted by Crippen LogP contribution is -2.16. The summed E-state index contributed by atoms with van der Waals surface area (Å²) in [5, 5.41) is 14.8. The van der Waals surface area contributed by atoms with Gasteiger partial charge in [-0.05, 0) is 43.7 Å². The Labute approximate surface area is 208 Å². The van der Waals surface area contributed by atoms with Crippen molar-refractivity contribution in [2.75, 3.05) is 23.5 Å². The summed E-state index contributed by atoms with van der Waals surface area (Å²) in [7, 11) is 1.59. The lowest BCUT2D eigenvalue weighted by atomic mass is 10.2. The number of thioether (sulfide) groups is 1. The Morgan fingerprint density at radius 3 is 2.60 bits per heavy atom. The fourth-order valence-corrected chi connectivity index (χ4v) is 4.07. The standard InChI is InChI=1S/C25H29N5O4S/c1-6-13-30-24(17(3)34-22-10-8-7-9-21(22)33-5)28-29-25(30)35-15-23(32)27-19-12-11-16(2)20(14-19)26-18(4)31/h6-12,14,17H,1,13,15H2,2-5H3,(H,26,31)(H,27,32). The molecule has 0 spiro atoms. The number of allylic oxidation sites excluding steroid dienone is 1. The van der Waals surface area contributed by atoms with Crippen molar-refractivity contribution >= 4 is 35.0 Å².